The maximum Gasteiger partial charge on any atom is 0.240 e. The average Bonchev–Trinajstić information content (AvgIpc) is 2.72. The van der Waals surface area contributed by atoms with Gasteiger partial charge < -0.3 is 9.47 Å². The molecular formula is C21H28Cl2N2O4S. The number of fused-ring (bicyclic) bond motifs is 1. The van der Waals surface area contributed by atoms with E-state index in [1.807, 2.05) is 0 Å². The summed E-state index contributed by atoms with van der Waals surface area (Å²) in [6.07, 6.45) is 2.66. The van der Waals surface area contributed by atoms with E-state index >= 15 is 0 Å². The maximum atomic E-state index is 12.3. The Bertz CT molecular complexity index is 954. The number of rotatable bonds is 9. The number of methoxy groups -OCH3 is 2. The number of hydrogen-bond donors (Lipinski definition) is 1. The van der Waals surface area contributed by atoms with Gasteiger partial charge in [-0.25, -0.2) is 13.1 Å². The molecule has 2 aromatic carbocycles. The first kappa shape index (κ1) is 24.8. The van der Waals surface area contributed by atoms with Crippen molar-refractivity contribution in [2.75, 3.05) is 33.9 Å². The van der Waals surface area contributed by atoms with Crippen LogP contribution in [0.1, 0.15) is 24.0 Å². The van der Waals surface area contributed by atoms with E-state index in [9.17, 15) is 8.42 Å². The molecule has 0 bridgehead atoms. The van der Waals surface area contributed by atoms with E-state index in [-0.39, 0.29) is 17.3 Å². The summed E-state index contributed by atoms with van der Waals surface area (Å²) in [4.78, 5) is 2.58. The lowest BCUT2D eigenvalue weighted by Gasteiger charge is -2.29. The third-order valence-electron chi connectivity index (χ3n) is 5.10. The Labute approximate surface area is 190 Å². The Balaban J connectivity index is 0.00000320. The molecule has 0 radical (unpaired) electrons. The van der Waals surface area contributed by atoms with E-state index in [0.29, 0.717) is 11.6 Å². The number of sulfonamides is 1. The Morgan fingerprint density at radius 1 is 1.07 bits per heavy atom. The zero-order valence-electron chi connectivity index (χ0n) is 17.2. The molecular weight excluding hydrogens is 447 g/mol. The Kier molecular flexibility index (Phi) is 9.25. The summed E-state index contributed by atoms with van der Waals surface area (Å²) in [6.45, 7) is 3.18. The van der Waals surface area contributed by atoms with Gasteiger partial charge in [-0.15, -0.1) is 12.4 Å². The molecule has 1 aliphatic rings. The Morgan fingerprint density at radius 2 is 1.77 bits per heavy atom. The van der Waals surface area contributed by atoms with Crippen molar-refractivity contribution >= 4 is 34.0 Å². The fraction of sp³-hybridized carbons (Fsp3) is 0.429. The van der Waals surface area contributed by atoms with Gasteiger partial charge in [0.1, 0.15) is 0 Å². The number of benzene rings is 2. The molecule has 3 rings (SSSR count). The van der Waals surface area contributed by atoms with Gasteiger partial charge in [-0.05, 0) is 67.3 Å². The van der Waals surface area contributed by atoms with Crippen molar-refractivity contribution in [3.63, 3.8) is 0 Å². The fourth-order valence-electron chi connectivity index (χ4n) is 3.52. The topological polar surface area (TPSA) is 67.9 Å². The van der Waals surface area contributed by atoms with Crippen LogP contribution < -0.4 is 14.2 Å². The molecule has 1 N–H and O–H groups in total. The third-order valence-corrected chi connectivity index (χ3v) is 6.79. The predicted molar refractivity (Wildman–Crippen MR) is 122 cm³/mol. The second-order valence-corrected chi connectivity index (χ2v) is 9.27. The highest BCUT2D eigenvalue weighted by Crippen LogP contribution is 2.33. The van der Waals surface area contributed by atoms with Gasteiger partial charge in [0.25, 0.3) is 0 Å². The molecule has 0 aromatic heterocycles. The lowest BCUT2D eigenvalue weighted by atomic mass is 9.98. The van der Waals surface area contributed by atoms with Crippen LogP contribution in [0.3, 0.4) is 0 Å². The molecule has 166 valence electrons. The van der Waals surface area contributed by atoms with Crippen LogP contribution in [-0.2, 0) is 23.0 Å². The quantitative estimate of drug-likeness (QED) is 0.558. The number of nitrogens with zero attached hydrogens (tertiary/aromatic N) is 1. The lowest BCUT2D eigenvalue weighted by Crippen LogP contribution is -2.32. The van der Waals surface area contributed by atoms with Crippen molar-refractivity contribution in [1.82, 2.24) is 9.62 Å². The molecule has 6 nitrogen and oxygen atoms in total. The molecule has 0 fully saturated rings. The Hall–Kier alpha value is -1.51. The lowest BCUT2D eigenvalue weighted by molar-refractivity contribution is 0.248. The van der Waals surface area contributed by atoms with Crippen LogP contribution in [-0.4, -0.2) is 47.2 Å². The van der Waals surface area contributed by atoms with Gasteiger partial charge in [0.15, 0.2) is 11.5 Å². The van der Waals surface area contributed by atoms with Crippen molar-refractivity contribution in [1.29, 1.82) is 0 Å². The highest BCUT2D eigenvalue weighted by atomic mass is 35.5. The first-order valence-electron chi connectivity index (χ1n) is 9.64. The van der Waals surface area contributed by atoms with Gasteiger partial charge in [0.05, 0.1) is 19.1 Å². The molecule has 2 aromatic rings. The zero-order chi connectivity index (χ0) is 20.9. The van der Waals surface area contributed by atoms with E-state index < -0.39 is 10.0 Å². The molecule has 1 aliphatic heterocycles. The van der Waals surface area contributed by atoms with E-state index in [0.717, 1.165) is 50.4 Å². The monoisotopic (exact) mass is 474 g/mol. The number of unbranched alkanes of at least 4 members (excludes halogenated alkanes) is 1. The van der Waals surface area contributed by atoms with E-state index in [1.165, 1.54) is 17.2 Å². The standard InChI is InChI=1S/C21H27ClN2O4S.ClH/c1-27-20-12-16-8-11-24(15-17(16)13-21(20)28-2)10-4-3-9-23-29(25,26)19-7-5-6-18(22)14-19;/h5-7,12-14,23H,3-4,8-11,15H2,1-2H3;1H. The van der Waals surface area contributed by atoms with E-state index in [4.69, 9.17) is 21.1 Å². The summed E-state index contributed by atoms with van der Waals surface area (Å²) in [5.74, 6) is 1.52. The summed E-state index contributed by atoms with van der Waals surface area (Å²) >= 11 is 5.88. The van der Waals surface area contributed by atoms with Crippen molar-refractivity contribution in [3.8, 4) is 11.5 Å². The number of halogens is 2. The normalized spacial score (nSPS) is 14.0. The van der Waals surface area contributed by atoms with Crippen LogP contribution in [0.15, 0.2) is 41.3 Å². The summed E-state index contributed by atoms with van der Waals surface area (Å²) in [5, 5.41) is 0.410. The average molecular weight is 475 g/mol. The minimum Gasteiger partial charge on any atom is -0.493 e. The summed E-state index contributed by atoms with van der Waals surface area (Å²) in [7, 11) is -0.215. The summed E-state index contributed by atoms with van der Waals surface area (Å²) < 4.78 is 38.0. The van der Waals surface area contributed by atoms with E-state index in [2.05, 4.69) is 21.8 Å². The van der Waals surface area contributed by atoms with Gasteiger partial charge in [0, 0.05) is 24.7 Å². The molecule has 9 heteroatoms. The van der Waals surface area contributed by atoms with Crippen LogP contribution >= 0.6 is 24.0 Å². The van der Waals surface area contributed by atoms with Crippen molar-refractivity contribution in [2.45, 2.75) is 30.7 Å². The third kappa shape index (κ3) is 6.25. The molecule has 0 saturated carbocycles. The van der Waals surface area contributed by atoms with Crippen LogP contribution in [0.2, 0.25) is 5.02 Å². The molecule has 0 saturated heterocycles. The molecule has 0 aliphatic carbocycles. The number of nitrogens with one attached hydrogen (secondary N) is 1. The maximum absolute atomic E-state index is 12.3. The van der Waals surface area contributed by atoms with Gasteiger partial charge in [-0.2, -0.15) is 0 Å². The Morgan fingerprint density at radius 3 is 2.43 bits per heavy atom. The minimum absolute atomic E-state index is 0. The van der Waals surface area contributed by atoms with Gasteiger partial charge in [0.2, 0.25) is 10.0 Å². The van der Waals surface area contributed by atoms with Crippen LogP contribution in [0.25, 0.3) is 0 Å². The first-order chi connectivity index (χ1) is 13.9. The second-order valence-electron chi connectivity index (χ2n) is 7.06. The largest absolute Gasteiger partial charge is 0.493 e. The summed E-state index contributed by atoms with van der Waals surface area (Å²) in [6, 6.07) is 10.4. The highest BCUT2D eigenvalue weighted by molar-refractivity contribution is 7.89. The number of hydrogen-bond acceptors (Lipinski definition) is 5. The van der Waals surface area contributed by atoms with Crippen molar-refractivity contribution < 1.29 is 17.9 Å². The van der Waals surface area contributed by atoms with E-state index in [1.54, 1.807) is 32.4 Å². The smallest absolute Gasteiger partial charge is 0.240 e. The van der Waals surface area contributed by atoms with Crippen LogP contribution in [0, 0.1) is 0 Å². The van der Waals surface area contributed by atoms with Crippen molar-refractivity contribution in [2.24, 2.45) is 0 Å². The van der Waals surface area contributed by atoms with Gasteiger partial charge >= 0.3 is 0 Å². The number of ether oxygens (including phenoxy) is 2. The minimum atomic E-state index is -3.52. The first-order valence-corrected chi connectivity index (χ1v) is 11.5. The molecule has 30 heavy (non-hydrogen) atoms. The molecule has 0 atom stereocenters. The summed E-state index contributed by atoms with van der Waals surface area (Å²) in [5.41, 5.74) is 2.56. The van der Waals surface area contributed by atoms with Gasteiger partial charge in [-0.1, -0.05) is 17.7 Å². The molecule has 0 spiro atoms. The van der Waals surface area contributed by atoms with Crippen molar-refractivity contribution in [3.05, 3.63) is 52.5 Å². The van der Waals surface area contributed by atoms with Crippen LogP contribution in [0.4, 0.5) is 0 Å². The van der Waals surface area contributed by atoms with Gasteiger partial charge in [-0.3, -0.25) is 4.90 Å². The highest BCUT2D eigenvalue weighted by Gasteiger charge is 2.19. The second kappa shape index (κ2) is 11.2. The predicted octanol–water partition coefficient (Wildman–Crippen LogP) is 3.90. The zero-order valence-corrected chi connectivity index (χ0v) is 19.6. The molecule has 1 heterocycles. The molecule has 0 unspecified atom stereocenters. The molecule has 0 amide bonds. The van der Waals surface area contributed by atoms with Crippen LogP contribution in [0.5, 0.6) is 11.5 Å². The SMILES string of the molecule is COc1cc2c(cc1OC)CN(CCCCNS(=O)(=O)c1cccc(Cl)c1)CC2.Cl. The fourth-order valence-corrected chi connectivity index (χ4v) is 4.89.